The largest absolute Gasteiger partial charge is 0.392 e. The van der Waals surface area contributed by atoms with E-state index in [1.807, 2.05) is 0 Å². The van der Waals surface area contributed by atoms with Crippen LogP contribution in [0.25, 0.3) is 0 Å². The van der Waals surface area contributed by atoms with E-state index < -0.39 is 0 Å². The molecule has 94 valence electrons. The van der Waals surface area contributed by atoms with Crippen LogP contribution in [0.3, 0.4) is 0 Å². The molecule has 1 aromatic heterocycles. The van der Waals surface area contributed by atoms with Gasteiger partial charge in [-0.1, -0.05) is 5.16 Å². The minimum Gasteiger partial charge on any atom is -0.392 e. The van der Waals surface area contributed by atoms with Gasteiger partial charge in [-0.25, -0.2) is 0 Å². The van der Waals surface area contributed by atoms with E-state index in [0.717, 1.165) is 19.3 Å². The number of nitrogens with zero attached hydrogens (tertiary/aromatic N) is 2. The Morgan fingerprint density at radius 3 is 2.88 bits per heavy atom. The Labute approximate surface area is 98.9 Å². The number of rotatable bonds is 2. The molecule has 2 heterocycles. The predicted molar refractivity (Wildman–Crippen MR) is 56.4 cm³/mol. The molecule has 1 N–H and O–H groups in total. The van der Waals surface area contributed by atoms with Crippen molar-refractivity contribution in [3.63, 3.8) is 0 Å². The molecule has 2 aliphatic rings. The maximum absolute atomic E-state index is 9.78. The average molecular weight is 240 g/mol. The molecule has 1 aliphatic heterocycles. The molecular weight excluding hydrogens is 224 g/mol. The van der Waals surface area contributed by atoms with E-state index in [0.29, 0.717) is 31.5 Å². The highest BCUT2D eigenvalue weighted by molar-refractivity contribution is 5.02. The van der Waals surface area contributed by atoms with Crippen LogP contribution in [-0.4, -0.2) is 41.2 Å². The summed E-state index contributed by atoms with van der Waals surface area (Å²) in [5, 5.41) is 13.7. The quantitative estimate of drug-likeness (QED) is 0.823. The third-order valence-electron chi connectivity index (χ3n) is 3.36. The van der Waals surface area contributed by atoms with E-state index in [1.165, 1.54) is 0 Å². The highest BCUT2D eigenvalue weighted by Crippen LogP contribution is 2.34. The molecule has 6 heteroatoms. The zero-order chi connectivity index (χ0) is 11.7. The fourth-order valence-corrected chi connectivity index (χ4v) is 2.39. The lowest BCUT2D eigenvalue weighted by atomic mass is 10.1. The summed E-state index contributed by atoms with van der Waals surface area (Å²) in [6.07, 6.45) is 2.13. The first-order valence-electron chi connectivity index (χ1n) is 6.05. The maximum Gasteiger partial charge on any atom is 0.232 e. The van der Waals surface area contributed by atoms with Gasteiger partial charge in [0, 0.05) is 0 Å². The fraction of sp³-hybridized carbons (Fsp3) is 0.818. The van der Waals surface area contributed by atoms with Gasteiger partial charge in [0.1, 0.15) is 6.10 Å². The van der Waals surface area contributed by atoms with Gasteiger partial charge in [0.05, 0.1) is 31.8 Å². The highest BCUT2D eigenvalue weighted by atomic mass is 16.6. The predicted octanol–water partition coefficient (Wildman–Crippen LogP) is 0.786. The van der Waals surface area contributed by atoms with Gasteiger partial charge in [-0.05, 0) is 19.3 Å². The molecule has 2 fully saturated rings. The lowest BCUT2D eigenvalue weighted by Gasteiger charge is -2.19. The summed E-state index contributed by atoms with van der Waals surface area (Å²) in [5.41, 5.74) is 0. The summed E-state index contributed by atoms with van der Waals surface area (Å²) in [6.45, 7) is 1.63. The number of aromatic nitrogens is 2. The molecule has 0 bridgehead atoms. The van der Waals surface area contributed by atoms with Gasteiger partial charge in [-0.3, -0.25) is 0 Å². The summed E-state index contributed by atoms with van der Waals surface area (Å²) in [6, 6.07) is 0. The number of hydrogen-bond donors (Lipinski definition) is 1. The van der Waals surface area contributed by atoms with Crippen LogP contribution < -0.4 is 0 Å². The van der Waals surface area contributed by atoms with Crippen molar-refractivity contribution in [1.82, 2.24) is 10.1 Å². The van der Waals surface area contributed by atoms with Crippen molar-refractivity contribution in [2.75, 3.05) is 19.8 Å². The molecule has 0 amide bonds. The fourth-order valence-electron chi connectivity index (χ4n) is 2.39. The first-order chi connectivity index (χ1) is 8.34. The smallest absolute Gasteiger partial charge is 0.232 e. The van der Waals surface area contributed by atoms with Crippen LogP contribution >= 0.6 is 0 Å². The third kappa shape index (κ3) is 2.20. The van der Waals surface area contributed by atoms with Crippen LogP contribution in [-0.2, 0) is 9.47 Å². The molecule has 17 heavy (non-hydrogen) atoms. The summed E-state index contributed by atoms with van der Waals surface area (Å²) in [7, 11) is 0. The van der Waals surface area contributed by atoms with Crippen molar-refractivity contribution in [2.45, 2.75) is 37.4 Å². The number of ether oxygens (including phenoxy) is 2. The Morgan fingerprint density at radius 1 is 1.24 bits per heavy atom. The van der Waals surface area contributed by atoms with E-state index in [2.05, 4.69) is 10.1 Å². The van der Waals surface area contributed by atoms with Crippen LogP contribution in [0.15, 0.2) is 4.52 Å². The minimum absolute atomic E-state index is 0.0132. The first-order valence-corrected chi connectivity index (χ1v) is 6.05. The van der Waals surface area contributed by atoms with Gasteiger partial charge in [0.2, 0.25) is 11.7 Å². The Morgan fingerprint density at radius 2 is 2.18 bits per heavy atom. The molecule has 6 nitrogen and oxygen atoms in total. The van der Waals surface area contributed by atoms with E-state index in [9.17, 15) is 5.11 Å². The zero-order valence-corrected chi connectivity index (χ0v) is 9.54. The molecule has 1 aliphatic carbocycles. The Bertz CT molecular complexity index is 375. The van der Waals surface area contributed by atoms with Gasteiger partial charge < -0.3 is 19.1 Å². The Kier molecular flexibility index (Phi) is 3.09. The molecule has 1 saturated heterocycles. The SMILES string of the molecule is OC1CCCC1c1nc(C2COCCO2)no1. The van der Waals surface area contributed by atoms with Crippen LogP contribution in [0, 0.1) is 0 Å². The second kappa shape index (κ2) is 4.72. The van der Waals surface area contributed by atoms with Crippen molar-refractivity contribution in [3.8, 4) is 0 Å². The molecule has 0 radical (unpaired) electrons. The molecule has 3 rings (SSSR count). The van der Waals surface area contributed by atoms with Crippen LogP contribution in [0.4, 0.5) is 0 Å². The van der Waals surface area contributed by atoms with Crippen molar-refractivity contribution in [3.05, 3.63) is 11.7 Å². The van der Waals surface area contributed by atoms with Gasteiger partial charge in [0.15, 0.2) is 0 Å². The van der Waals surface area contributed by atoms with Crippen molar-refractivity contribution >= 4 is 0 Å². The monoisotopic (exact) mass is 240 g/mol. The van der Waals surface area contributed by atoms with Crippen LogP contribution in [0.1, 0.15) is 43.0 Å². The second-order valence-electron chi connectivity index (χ2n) is 4.53. The van der Waals surface area contributed by atoms with Crippen molar-refractivity contribution < 1.29 is 19.1 Å². The highest BCUT2D eigenvalue weighted by Gasteiger charge is 2.32. The minimum atomic E-state index is -0.355. The lowest BCUT2D eigenvalue weighted by Crippen LogP contribution is -2.23. The average Bonchev–Trinajstić information content (AvgIpc) is 2.98. The van der Waals surface area contributed by atoms with Gasteiger partial charge in [0.25, 0.3) is 0 Å². The van der Waals surface area contributed by atoms with E-state index in [4.69, 9.17) is 14.0 Å². The number of hydrogen-bond acceptors (Lipinski definition) is 6. The van der Waals surface area contributed by atoms with Gasteiger partial charge in [-0.2, -0.15) is 4.98 Å². The topological polar surface area (TPSA) is 77.6 Å². The third-order valence-corrected chi connectivity index (χ3v) is 3.36. The van der Waals surface area contributed by atoms with Crippen LogP contribution in [0.2, 0.25) is 0 Å². The molecule has 1 aromatic rings. The second-order valence-corrected chi connectivity index (χ2v) is 4.53. The van der Waals surface area contributed by atoms with Crippen molar-refractivity contribution in [1.29, 1.82) is 0 Å². The molecule has 1 saturated carbocycles. The summed E-state index contributed by atoms with van der Waals surface area (Å²) in [5.74, 6) is 1.04. The standard InChI is InChI=1S/C11H16N2O4/c14-8-3-1-2-7(8)11-12-10(13-17-11)9-6-15-4-5-16-9/h7-9,14H,1-6H2. The molecule has 3 atom stereocenters. The van der Waals surface area contributed by atoms with E-state index in [1.54, 1.807) is 0 Å². The summed E-state index contributed by atoms with van der Waals surface area (Å²) < 4.78 is 16.0. The summed E-state index contributed by atoms with van der Waals surface area (Å²) >= 11 is 0. The maximum atomic E-state index is 9.78. The van der Waals surface area contributed by atoms with Crippen molar-refractivity contribution in [2.24, 2.45) is 0 Å². The zero-order valence-electron chi connectivity index (χ0n) is 9.54. The van der Waals surface area contributed by atoms with E-state index >= 15 is 0 Å². The van der Waals surface area contributed by atoms with Gasteiger partial charge >= 0.3 is 0 Å². The first kappa shape index (κ1) is 11.1. The molecule has 0 spiro atoms. The Balaban J connectivity index is 1.73. The van der Waals surface area contributed by atoms with Gasteiger partial charge in [-0.15, -0.1) is 0 Å². The number of aliphatic hydroxyl groups excluding tert-OH is 1. The molecular formula is C11H16N2O4. The number of aliphatic hydroxyl groups is 1. The summed E-state index contributed by atoms with van der Waals surface area (Å²) in [4.78, 5) is 4.32. The molecule has 0 aromatic carbocycles. The normalized spacial score (nSPS) is 34.1. The van der Waals surface area contributed by atoms with E-state index in [-0.39, 0.29) is 18.1 Å². The Hall–Kier alpha value is -0.980. The van der Waals surface area contributed by atoms with Crippen LogP contribution in [0.5, 0.6) is 0 Å². The molecule has 3 unspecified atom stereocenters. The lowest BCUT2D eigenvalue weighted by molar-refractivity contribution is -0.0941.